The van der Waals surface area contributed by atoms with Crippen LogP contribution in [0.4, 0.5) is 0 Å². The van der Waals surface area contributed by atoms with Crippen molar-refractivity contribution in [3.8, 4) is 0 Å². The number of allylic oxidation sites excluding steroid dienone is 1. The van der Waals surface area contributed by atoms with Crippen LogP contribution < -0.4 is 0 Å². The molecule has 6 nitrogen and oxygen atoms in total. The van der Waals surface area contributed by atoms with Gasteiger partial charge in [-0.05, 0) is 76.0 Å². The molecule has 2 heterocycles. The molecule has 1 N–H and O–H groups in total. The monoisotopic (exact) mass is 435 g/mol. The van der Waals surface area contributed by atoms with Crippen LogP contribution in [-0.4, -0.2) is 66.8 Å². The number of carboxylic acids is 1. The highest BCUT2D eigenvalue weighted by molar-refractivity contribution is 5.77. The van der Waals surface area contributed by atoms with E-state index in [1.807, 2.05) is 0 Å². The maximum atomic E-state index is 11.5. The lowest BCUT2D eigenvalue weighted by atomic mass is 9.50. The van der Waals surface area contributed by atoms with Crippen molar-refractivity contribution >= 4 is 5.97 Å². The Morgan fingerprint density at radius 2 is 2.03 bits per heavy atom. The molecule has 0 aromatic carbocycles. The van der Waals surface area contributed by atoms with Crippen LogP contribution in [-0.2, 0) is 19.0 Å². The van der Waals surface area contributed by atoms with Gasteiger partial charge in [0.05, 0.1) is 18.8 Å². The molecule has 5 atom stereocenters. The van der Waals surface area contributed by atoms with Crippen LogP contribution in [0.2, 0.25) is 0 Å². The highest BCUT2D eigenvalue weighted by Gasteiger charge is 2.53. The molecule has 2 aliphatic carbocycles. The van der Waals surface area contributed by atoms with Gasteiger partial charge in [-0.15, -0.1) is 0 Å². The standard InChI is InChI=1S/C25H41NO5/c1-17-5-6-21-19-15-29-16-31-22(19)7-11-25(21,4)20(17)10-14-30-18-8-12-26(13-9-18)24(2,3)23(27)28/h18-22H,1,5-16H2,2-4H3,(H,27,28). The summed E-state index contributed by atoms with van der Waals surface area (Å²) >= 11 is 0. The number of piperidine rings is 1. The lowest BCUT2D eigenvalue weighted by Crippen LogP contribution is -2.54. The Kier molecular flexibility index (Phi) is 6.83. The van der Waals surface area contributed by atoms with Crippen molar-refractivity contribution in [2.24, 2.45) is 23.2 Å². The molecule has 5 unspecified atom stereocenters. The summed E-state index contributed by atoms with van der Waals surface area (Å²) in [4.78, 5) is 13.6. The van der Waals surface area contributed by atoms with Gasteiger partial charge in [0.25, 0.3) is 0 Å². The maximum absolute atomic E-state index is 11.5. The van der Waals surface area contributed by atoms with Crippen molar-refractivity contribution in [1.82, 2.24) is 4.90 Å². The Hall–Kier alpha value is -0.950. The molecule has 2 saturated carbocycles. The topological polar surface area (TPSA) is 68.2 Å². The number of rotatable bonds is 6. The first-order valence-corrected chi connectivity index (χ1v) is 12.2. The molecule has 2 aliphatic heterocycles. The van der Waals surface area contributed by atoms with E-state index in [4.69, 9.17) is 14.2 Å². The molecule has 4 fully saturated rings. The van der Waals surface area contributed by atoms with Gasteiger partial charge in [-0.25, -0.2) is 0 Å². The number of carboxylic acid groups (broad SMARTS) is 1. The second-order valence-corrected chi connectivity index (χ2v) is 11.0. The Labute approximate surface area is 187 Å². The summed E-state index contributed by atoms with van der Waals surface area (Å²) in [5, 5.41) is 9.46. The first-order valence-electron chi connectivity index (χ1n) is 12.2. The lowest BCUT2D eigenvalue weighted by molar-refractivity contribution is -0.219. The van der Waals surface area contributed by atoms with Gasteiger partial charge < -0.3 is 19.3 Å². The third-order valence-corrected chi connectivity index (χ3v) is 9.07. The largest absolute Gasteiger partial charge is 0.480 e. The van der Waals surface area contributed by atoms with E-state index in [9.17, 15) is 9.90 Å². The minimum absolute atomic E-state index is 0.234. The Morgan fingerprint density at radius 3 is 2.74 bits per heavy atom. The highest BCUT2D eigenvalue weighted by atomic mass is 16.7. The molecule has 0 radical (unpaired) electrons. The summed E-state index contributed by atoms with van der Waals surface area (Å²) in [6.45, 7) is 14.2. The Bertz CT molecular complexity index is 671. The predicted molar refractivity (Wildman–Crippen MR) is 119 cm³/mol. The minimum atomic E-state index is -0.806. The number of hydrogen-bond donors (Lipinski definition) is 1. The molecule has 0 spiro atoms. The van der Waals surface area contributed by atoms with E-state index in [1.165, 1.54) is 18.4 Å². The normalized spacial score (nSPS) is 37.8. The van der Waals surface area contributed by atoms with Crippen LogP contribution >= 0.6 is 0 Å². The van der Waals surface area contributed by atoms with E-state index < -0.39 is 11.5 Å². The highest BCUT2D eigenvalue weighted by Crippen LogP contribution is 2.58. The van der Waals surface area contributed by atoms with Crippen LogP contribution in [0, 0.1) is 23.2 Å². The second-order valence-electron chi connectivity index (χ2n) is 11.0. The third kappa shape index (κ3) is 4.46. The Balaban J connectivity index is 1.30. The van der Waals surface area contributed by atoms with Crippen LogP contribution in [0.5, 0.6) is 0 Å². The molecule has 176 valence electrons. The zero-order valence-electron chi connectivity index (χ0n) is 19.6. The van der Waals surface area contributed by atoms with Gasteiger partial charge in [0.2, 0.25) is 0 Å². The predicted octanol–water partition coefficient (Wildman–Crippen LogP) is 4.09. The van der Waals surface area contributed by atoms with Crippen molar-refractivity contribution < 1.29 is 24.1 Å². The molecular weight excluding hydrogens is 394 g/mol. The number of aliphatic carboxylic acids is 1. The van der Waals surface area contributed by atoms with Gasteiger partial charge in [0.1, 0.15) is 12.3 Å². The van der Waals surface area contributed by atoms with Crippen molar-refractivity contribution in [2.75, 3.05) is 33.1 Å². The number of fused-ring (bicyclic) bond motifs is 3. The summed E-state index contributed by atoms with van der Waals surface area (Å²) in [7, 11) is 0. The zero-order chi connectivity index (χ0) is 22.2. The number of likely N-dealkylation sites (tertiary alicyclic amines) is 1. The van der Waals surface area contributed by atoms with Crippen LogP contribution in [0.3, 0.4) is 0 Å². The quantitative estimate of drug-likeness (QED) is 0.634. The first kappa shape index (κ1) is 23.2. The molecular formula is C25H41NO5. The molecule has 31 heavy (non-hydrogen) atoms. The van der Waals surface area contributed by atoms with Gasteiger partial charge in [-0.1, -0.05) is 19.1 Å². The van der Waals surface area contributed by atoms with E-state index in [2.05, 4.69) is 18.4 Å². The lowest BCUT2D eigenvalue weighted by Gasteiger charge is -2.57. The molecule has 0 amide bonds. The molecule has 2 saturated heterocycles. The number of ether oxygens (including phenoxy) is 3. The van der Waals surface area contributed by atoms with Gasteiger partial charge in [0, 0.05) is 25.6 Å². The van der Waals surface area contributed by atoms with E-state index in [0.717, 1.165) is 58.4 Å². The van der Waals surface area contributed by atoms with Crippen molar-refractivity contribution in [3.05, 3.63) is 12.2 Å². The minimum Gasteiger partial charge on any atom is -0.480 e. The number of nitrogens with zero attached hydrogens (tertiary/aromatic N) is 1. The fraction of sp³-hybridized carbons (Fsp3) is 0.880. The maximum Gasteiger partial charge on any atom is 0.323 e. The SMILES string of the molecule is C=C1CCC2C3COCOC3CCC2(C)C1CCOC1CCN(C(C)(C)C(=O)O)CC1. The average Bonchev–Trinajstić information content (AvgIpc) is 2.75. The zero-order valence-corrected chi connectivity index (χ0v) is 19.6. The summed E-state index contributed by atoms with van der Waals surface area (Å²) in [5.74, 6) is 0.906. The number of carbonyl (C=O) groups is 1. The van der Waals surface area contributed by atoms with Crippen molar-refractivity contribution in [1.29, 1.82) is 0 Å². The fourth-order valence-electron chi connectivity index (χ4n) is 6.91. The van der Waals surface area contributed by atoms with Crippen LogP contribution in [0.25, 0.3) is 0 Å². The summed E-state index contributed by atoms with van der Waals surface area (Å²) in [6.07, 6.45) is 8.09. The van der Waals surface area contributed by atoms with Gasteiger partial charge >= 0.3 is 5.97 Å². The van der Waals surface area contributed by atoms with Crippen LogP contribution in [0.15, 0.2) is 12.2 Å². The number of hydrogen-bond acceptors (Lipinski definition) is 5. The van der Waals surface area contributed by atoms with E-state index in [-0.39, 0.29) is 11.5 Å². The van der Waals surface area contributed by atoms with E-state index >= 15 is 0 Å². The molecule has 4 aliphatic rings. The molecule has 0 aromatic heterocycles. The third-order valence-electron chi connectivity index (χ3n) is 9.07. The summed E-state index contributed by atoms with van der Waals surface area (Å²) in [5.41, 5.74) is 0.856. The smallest absolute Gasteiger partial charge is 0.323 e. The van der Waals surface area contributed by atoms with Gasteiger partial charge in [-0.3, -0.25) is 9.69 Å². The van der Waals surface area contributed by atoms with Crippen molar-refractivity contribution in [3.63, 3.8) is 0 Å². The summed E-state index contributed by atoms with van der Waals surface area (Å²) < 4.78 is 18.0. The molecule has 0 bridgehead atoms. The van der Waals surface area contributed by atoms with Gasteiger partial charge in [0.15, 0.2) is 0 Å². The van der Waals surface area contributed by atoms with E-state index in [0.29, 0.717) is 30.7 Å². The second kappa shape index (κ2) is 9.12. The van der Waals surface area contributed by atoms with E-state index in [1.54, 1.807) is 13.8 Å². The average molecular weight is 436 g/mol. The molecule has 6 heteroatoms. The molecule has 0 aromatic rings. The van der Waals surface area contributed by atoms with Crippen LogP contribution in [0.1, 0.15) is 65.7 Å². The van der Waals surface area contributed by atoms with Gasteiger partial charge in [-0.2, -0.15) is 0 Å². The summed E-state index contributed by atoms with van der Waals surface area (Å²) in [6, 6.07) is 0. The first-order chi connectivity index (χ1) is 14.7. The molecule has 4 rings (SSSR count). The van der Waals surface area contributed by atoms with Crippen molar-refractivity contribution in [2.45, 2.75) is 83.5 Å². The fourth-order valence-corrected chi connectivity index (χ4v) is 6.91. The Morgan fingerprint density at radius 1 is 1.29 bits per heavy atom.